The van der Waals surface area contributed by atoms with Crippen molar-refractivity contribution >= 4 is 11.0 Å². The summed E-state index contributed by atoms with van der Waals surface area (Å²) in [6.07, 6.45) is 8.67. The number of rotatable bonds is 5. The molecule has 1 aliphatic rings. The molecule has 0 aliphatic carbocycles. The Morgan fingerprint density at radius 1 is 1.45 bits per heavy atom. The Kier molecular flexibility index (Phi) is 3.87. The van der Waals surface area contributed by atoms with Crippen molar-refractivity contribution in [3.63, 3.8) is 0 Å². The highest BCUT2D eigenvalue weighted by Crippen LogP contribution is 2.24. The van der Waals surface area contributed by atoms with E-state index in [-0.39, 0.29) is 5.56 Å². The third-order valence-corrected chi connectivity index (χ3v) is 4.28. The van der Waals surface area contributed by atoms with Gasteiger partial charge >= 0.3 is 0 Å². The van der Waals surface area contributed by atoms with Crippen molar-refractivity contribution in [2.24, 2.45) is 5.92 Å². The first-order chi connectivity index (χ1) is 9.78. The molecule has 3 rings (SSSR count). The van der Waals surface area contributed by atoms with Crippen molar-refractivity contribution in [2.75, 3.05) is 13.1 Å². The topological polar surface area (TPSA) is 64.8 Å². The molecule has 1 saturated heterocycles. The molecule has 5 nitrogen and oxygen atoms in total. The molecule has 0 unspecified atom stereocenters. The van der Waals surface area contributed by atoms with Crippen LogP contribution in [0.1, 0.15) is 38.2 Å². The van der Waals surface area contributed by atoms with E-state index >= 15 is 0 Å². The minimum atomic E-state index is -0.0940. The van der Waals surface area contributed by atoms with Gasteiger partial charge in [-0.15, -0.1) is 0 Å². The maximum atomic E-state index is 11.7. The summed E-state index contributed by atoms with van der Waals surface area (Å²) >= 11 is 0. The van der Waals surface area contributed by atoms with E-state index in [0.29, 0.717) is 5.52 Å². The summed E-state index contributed by atoms with van der Waals surface area (Å²) in [6, 6.07) is 0. The molecule has 0 bridgehead atoms. The summed E-state index contributed by atoms with van der Waals surface area (Å²) in [5.74, 6) is 0.844. The van der Waals surface area contributed by atoms with Crippen molar-refractivity contribution < 1.29 is 0 Å². The van der Waals surface area contributed by atoms with Crippen LogP contribution in [-0.4, -0.2) is 32.9 Å². The summed E-state index contributed by atoms with van der Waals surface area (Å²) in [5.41, 5.74) is 2.43. The molecular weight excluding hydrogens is 252 g/mol. The zero-order valence-corrected chi connectivity index (χ0v) is 12.0. The number of H-pyrrole nitrogens is 2. The second kappa shape index (κ2) is 5.79. The number of unbranched alkanes of at least 4 members (excludes halogenated alkanes) is 1. The summed E-state index contributed by atoms with van der Waals surface area (Å²) in [5, 5.41) is 0. The third kappa shape index (κ3) is 2.63. The molecule has 0 spiro atoms. The Bertz CT molecular complexity index is 630. The number of hydrogen-bond acceptors (Lipinski definition) is 3. The minimum Gasteiger partial charge on any atom is -0.355 e. The van der Waals surface area contributed by atoms with E-state index in [2.05, 4.69) is 26.8 Å². The molecule has 1 atom stereocenters. The molecule has 2 N–H and O–H groups in total. The maximum absolute atomic E-state index is 11.7. The minimum absolute atomic E-state index is 0.0940. The van der Waals surface area contributed by atoms with Gasteiger partial charge in [0.15, 0.2) is 0 Å². The Labute approximate surface area is 118 Å². The van der Waals surface area contributed by atoms with Crippen LogP contribution < -0.4 is 5.56 Å². The first-order valence-electron chi connectivity index (χ1n) is 7.54. The zero-order chi connectivity index (χ0) is 13.9. The van der Waals surface area contributed by atoms with E-state index in [1.165, 1.54) is 38.6 Å². The Morgan fingerprint density at radius 3 is 3.20 bits per heavy atom. The van der Waals surface area contributed by atoms with Crippen molar-refractivity contribution in [2.45, 2.75) is 39.2 Å². The quantitative estimate of drug-likeness (QED) is 0.879. The number of likely N-dealkylation sites (tertiary alicyclic amines) is 1. The van der Waals surface area contributed by atoms with Gasteiger partial charge in [-0.2, -0.15) is 0 Å². The van der Waals surface area contributed by atoms with Crippen LogP contribution in [0.3, 0.4) is 0 Å². The number of aromatic nitrogens is 3. The zero-order valence-electron chi connectivity index (χ0n) is 12.0. The van der Waals surface area contributed by atoms with E-state index in [9.17, 15) is 4.79 Å². The predicted octanol–water partition coefficient (Wildman–Crippen LogP) is 2.26. The van der Waals surface area contributed by atoms with Gasteiger partial charge in [-0.25, -0.2) is 4.98 Å². The summed E-state index contributed by atoms with van der Waals surface area (Å²) < 4.78 is 0. The largest absolute Gasteiger partial charge is 0.355 e. The van der Waals surface area contributed by atoms with Crippen LogP contribution in [0.2, 0.25) is 0 Å². The molecule has 1 aliphatic heterocycles. The number of hydrogen-bond donors (Lipinski definition) is 2. The summed E-state index contributed by atoms with van der Waals surface area (Å²) in [6.45, 7) is 5.47. The van der Waals surface area contributed by atoms with Crippen LogP contribution in [0.15, 0.2) is 17.3 Å². The monoisotopic (exact) mass is 274 g/mol. The molecular formula is C15H22N4O. The van der Waals surface area contributed by atoms with Crippen molar-refractivity contribution in [3.8, 4) is 0 Å². The Hall–Kier alpha value is -1.62. The van der Waals surface area contributed by atoms with Crippen LogP contribution >= 0.6 is 0 Å². The fourth-order valence-electron chi connectivity index (χ4n) is 3.15. The van der Waals surface area contributed by atoms with Gasteiger partial charge in [0, 0.05) is 24.8 Å². The van der Waals surface area contributed by atoms with Crippen LogP contribution in [0.4, 0.5) is 0 Å². The molecule has 108 valence electrons. The Balaban J connectivity index is 1.69. The second-order valence-corrected chi connectivity index (χ2v) is 5.80. The number of nitrogens with zero attached hydrogens (tertiary/aromatic N) is 2. The molecule has 2 aromatic heterocycles. The van der Waals surface area contributed by atoms with Gasteiger partial charge in [0.2, 0.25) is 0 Å². The normalized spacial score (nSPS) is 19.9. The van der Waals surface area contributed by atoms with Gasteiger partial charge in [0.05, 0.1) is 11.8 Å². The second-order valence-electron chi connectivity index (χ2n) is 5.80. The van der Waals surface area contributed by atoms with Crippen molar-refractivity contribution in [3.05, 3.63) is 28.4 Å². The molecule has 2 aromatic rings. The van der Waals surface area contributed by atoms with Gasteiger partial charge in [-0.1, -0.05) is 19.8 Å². The average Bonchev–Trinajstić information content (AvgIpc) is 3.06. The highest BCUT2D eigenvalue weighted by molar-refractivity contribution is 5.77. The van der Waals surface area contributed by atoms with Gasteiger partial charge < -0.3 is 9.97 Å². The number of fused-ring (bicyclic) bond motifs is 1. The lowest BCUT2D eigenvalue weighted by molar-refractivity contribution is 0.313. The maximum Gasteiger partial charge on any atom is 0.275 e. The van der Waals surface area contributed by atoms with Crippen LogP contribution in [0.5, 0.6) is 0 Å². The number of nitrogens with one attached hydrogen (secondary N) is 2. The lowest BCUT2D eigenvalue weighted by atomic mass is 10.0. The lowest BCUT2D eigenvalue weighted by Gasteiger charge is -2.15. The highest BCUT2D eigenvalue weighted by atomic mass is 16.1. The van der Waals surface area contributed by atoms with Crippen LogP contribution in [-0.2, 0) is 6.54 Å². The van der Waals surface area contributed by atoms with Crippen LogP contribution in [0.25, 0.3) is 11.0 Å². The molecule has 0 saturated carbocycles. The molecule has 0 radical (unpaired) electrons. The molecule has 20 heavy (non-hydrogen) atoms. The van der Waals surface area contributed by atoms with Crippen molar-refractivity contribution in [1.29, 1.82) is 0 Å². The third-order valence-electron chi connectivity index (χ3n) is 4.28. The standard InChI is InChI=1S/C15H22N4O/c1-2-3-4-11-5-6-19(8-11)9-12-7-16-14-13(12)17-10-18-15(14)20/h7,10-11,16H,2-6,8-9H2,1H3,(H,17,18,20)/t11-/m1/s1. The van der Waals surface area contributed by atoms with Crippen molar-refractivity contribution in [1.82, 2.24) is 19.9 Å². The Morgan fingerprint density at radius 2 is 2.35 bits per heavy atom. The van der Waals surface area contributed by atoms with Crippen LogP contribution in [0, 0.1) is 5.92 Å². The summed E-state index contributed by atoms with van der Waals surface area (Å²) in [7, 11) is 0. The van der Waals surface area contributed by atoms with E-state index < -0.39 is 0 Å². The van der Waals surface area contributed by atoms with Gasteiger partial charge in [-0.05, 0) is 25.3 Å². The smallest absolute Gasteiger partial charge is 0.275 e. The van der Waals surface area contributed by atoms with E-state index in [1.807, 2.05) is 6.20 Å². The first kappa shape index (κ1) is 13.4. The SMILES string of the molecule is CCCC[C@@H]1CCN(Cc2c[nH]c3c(=O)[nH]cnc23)C1. The van der Waals surface area contributed by atoms with Gasteiger partial charge in [0.1, 0.15) is 5.52 Å². The van der Waals surface area contributed by atoms with E-state index in [1.54, 1.807) is 0 Å². The molecule has 1 fully saturated rings. The predicted molar refractivity (Wildman–Crippen MR) is 79.6 cm³/mol. The lowest BCUT2D eigenvalue weighted by Crippen LogP contribution is -2.20. The highest BCUT2D eigenvalue weighted by Gasteiger charge is 2.22. The molecule has 5 heteroatoms. The van der Waals surface area contributed by atoms with Gasteiger partial charge in [0.25, 0.3) is 5.56 Å². The molecule has 3 heterocycles. The van der Waals surface area contributed by atoms with Gasteiger partial charge in [-0.3, -0.25) is 9.69 Å². The first-order valence-corrected chi connectivity index (χ1v) is 7.54. The molecule has 0 aromatic carbocycles. The fourth-order valence-corrected chi connectivity index (χ4v) is 3.15. The number of aromatic amines is 2. The van der Waals surface area contributed by atoms with E-state index in [4.69, 9.17) is 0 Å². The average molecular weight is 274 g/mol. The summed E-state index contributed by atoms with van der Waals surface area (Å²) in [4.78, 5) is 24.1. The van der Waals surface area contributed by atoms with E-state index in [0.717, 1.165) is 30.1 Å². The molecule has 0 amide bonds. The fraction of sp³-hybridized carbons (Fsp3) is 0.600.